The Bertz CT molecular complexity index is 1950. The number of imidazole rings is 1. The van der Waals surface area contributed by atoms with Gasteiger partial charge in [-0.2, -0.15) is 0 Å². The molecule has 2 saturated heterocycles. The molecule has 2 amide bonds. The molecule has 0 radical (unpaired) electrons. The highest BCUT2D eigenvalue weighted by Gasteiger charge is 2.38. The molecule has 3 N–H and O–H groups in total. The molecular formula is C35H38N6O5. The van der Waals surface area contributed by atoms with Crippen LogP contribution >= 0.6 is 0 Å². The van der Waals surface area contributed by atoms with E-state index in [1.165, 1.54) is 7.11 Å². The van der Waals surface area contributed by atoms with E-state index in [-0.39, 0.29) is 29.3 Å². The number of H-pyrrole nitrogens is 1. The van der Waals surface area contributed by atoms with E-state index in [9.17, 15) is 14.4 Å². The zero-order valence-electron chi connectivity index (χ0n) is 26.3. The number of methoxy groups -OCH3 is 1. The third-order valence-electron chi connectivity index (χ3n) is 9.41. The molecule has 0 saturated carbocycles. The molecule has 3 aliphatic heterocycles. The average molecular weight is 623 g/mol. The van der Waals surface area contributed by atoms with Gasteiger partial charge < -0.3 is 29.7 Å². The summed E-state index contributed by atoms with van der Waals surface area (Å²) in [5.41, 5.74) is 5.53. The fourth-order valence-corrected chi connectivity index (χ4v) is 6.88. The molecule has 2 aromatic carbocycles. The lowest BCUT2D eigenvalue weighted by molar-refractivity contribution is -0.134. The third kappa shape index (κ3) is 5.49. The summed E-state index contributed by atoms with van der Waals surface area (Å²) in [6.45, 7) is 5.41. The number of benzene rings is 2. The molecule has 0 unspecified atom stereocenters. The number of nitrogens with one attached hydrogen (secondary N) is 3. The Hall–Kier alpha value is -4.77. The molecule has 2 aromatic heterocycles. The number of fused-ring (bicyclic) bond motifs is 2. The quantitative estimate of drug-likeness (QED) is 0.237. The first-order valence-corrected chi connectivity index (χ1v) is 16.0. The summed E-state index contributed by atoms with van der Waals surface area (Å²) >= 11 is 0. The zero-order chi connectivity index (χ0) is 31.9. The van der Waals surface area contributed by atoms with Crippen molar-refractivity contribution in [3.63, 3.8) is 0 Å². The largest absolute Gasteiger partial charge is 0.456 e. The van der Waals surface area contributed by atoms with Gasteiger partial charge in [0.25, 0.3) is 0 Å². The predicted molar refractivity (Wildman–Crippen MR) is 176 cm³/mol. The van der Waals surface area contributed by atoms with Crippen molar-refractivity contribution in [1.82, 2.24) is 25.5 Å². The van der Waals surface area contributed by atoms with Crippen LogP contribution in [0.4, 0.5) is 4.79 Å². The lowest BCUT2D eigenvalue weighted by atomic mass is 9.96. The number of alkyl carbamates (subject to hydrolysis) is 1. The molecule has 238 valence electrons. The standard InChI is InChI=1S/C35H38N6O5/c1-19(2)31(40-35(44)45-3)34(43)41-13-5-7-28(41)26-15-22(17-37-26)20-8-10-23-30(16-20)46-29-11-9-21(14-24(29)32(23)42)27-18-38-33(39-27)25-6-4-12-36-25/h8-11,14,16-19,25,28,31,36H,4-7,12-13,15H2,1-3H3,(H,38,39)(H,40,44)/t25-,28-,31-/m0/s1. The van der Waals surface area contributed by atoms with Gasteiger partial charge >= 0.3 is 6.09 Å². The van der Waals surface area contributed by atoms with Crippen LogP contribution in [0.1, 0.15) is 63.4 Å². The highest BCUT2D eigenvalue weighted by atomic mass is 16.5. The number of nitrogens with zero attached hydrogens (tertiary/aromatic N) is 3. The lowest BCUT2D eigenvalue weighted by Gasteiger charge is -2.31. The van der Waals surface area contributed by atoms with Crippen molar-refractivity contribution in [2.75, 3.05) is 20.2 Å². The Morgan fingerprint density at radius 3 is 2.70 bits per heavy atom. The Balaban J connectivity index is 1.10. The number of allylic oxidation sites excluding steroid dienone is 1. The second-order valence-electron chi connectivity index (χ2n) is 12.7. The minimum Gasteiger partial charge on any atom is -0.456 e. The van der Waals surface area contributed by atoms with Crippen molar-refractivity contribution in [2.45, 2.75) is 64.1 Å². The minimum absolute atomic E-state index is 0.0837. The smallest absolute Gasteiger partial charge is 0.407 e. The molecule has 2 fully saturated rings. The summed E-state index contributed by atoms with van der Waals surface area (Å²) in [5.74, 6) is 0.696. The highest BCUT2D eigenvalue weighted by molar-refractivity contribution is 6.04. The maximum atomic E-state index is 13.6. The van der Waals surface area contributed by atoms with Gasteiger partial charge in [-0.15, -0.1) is 0 Å². The molecular weight excluding hydrogens is 584 g/mol. The molecule has 3 aliphatic rings. The Labute approximate surface area is 266 Å². The van der Waals surface area contributed by atoms with Crippen LogP contribution in [-0.2, 0) is 9.53 Å². The van der Waals surface area contributed by atoms with Crippen LogP contribution < -0.4 is 16.1 Å². The van der Waals surface area contributed by atoms with Crippen molar-refractivity contribution in [3.8, 4) is 11.3 Å². The first-order valence-electron chi connectivity index (χ1n) is 16.0. The van der Waals surface area contributed by atoms with Crippen LogP contribution in [-0.4, -0.2) is 64.9 Å². The second kappa shape index (κ2) is 12.2. The molecule has 0 bridgehead atoms. The maximum Gasteiger partial charge on any atom is 0.407 e. The fraction of sp³-hybridized carbons (Fsp3) is 0.400. The van der Waals surface area contributed by atoms with E-state index in [0.717, 1.165) is 66.2 Å². The van der Waals surface area contributed by atoms with Crippen molar-refractivity contribution >= 4 is 45.2 Å². The molecule has 4 aromatic rings. The van der Waals surface area contributed by atoms with E-state index in [1.807, 2.05) is 67.5 Å². The molecule has 0 aliphatic carbocycles. The predicted octanol–water partition coefficient (Wildman–Crippen LogP) is 5.32. The van der Waals surface area contributed by atoms with Gasteiger partial charge in [0.15, 0.2) is 0 Å². The molecule has 11 nitrogen and oxygen atoms in total. The summed E-state index contributed by atoms with van der Waals surface area (Å²) in [4.78, 5) is 53.7. The van der Waals surface area contributed by atoms with E-state index in [4.69, 9.17) is 14.1 Å². The van der Waals surface area contributed by atoms with Gasteiger partial charge in [-0.3, -0.25) is 14.6 Å². The van der Waals surface area contributed by atoms with Gasteiger partial charge in [0, 0.05) is 30.4 Å². The Morgan fingerprint density at radius 1 is 1.07 bits per heavy atom. The van der Waals surface area contributed by atoms with Gasteiger partial charge in [0.1, 0.15) is 23.0 Å². The topological polar surface area (TPSA) is 142 Å². The number of aromatic amines is 1. The number of carbonyl (C=O) groups excluding carboxylic acids is 2. The molecule has 11 heteroatoms. The summed E-state index contributed by atoms with van der Waals surface area (Å²) in [6, 6.07) is 10.7. The molecule has 7 rings (SSSR count). The summed E-state index contributed by atoms with van der Waals surface area (Å²) < 4.78 is 11.0. The Kier molecular flexibility index (Phi) is 7.94. The molecule has 3 atom stereocenters. The number of amides is 2. The van der Waals surface area contributed by atoms with Gasteiger partial charge in [-0.25, -0.2) is 9.78 Å². The molecule has 5 heterocycles. The SMILES string of the molecule is COC(=O)N[C@H](C(=O)N1CCC[C@H]1C1=NC=C(c2ccc3c(=O)c4cc(-c5cnc([C@@H]6CCCN6)[nH]5)ccc4oc3c2)C1)C(C)C. The monoisotopic (exact) mass is 622 g/mol. The number of likely N-dealkylation sites (tertiary alicyclic amines) is 1. The van der Waals surface area contributed by atoms with Gasteiger partial charge in [0.2, 0.25) is 11.3 Å². The van der Waals surface area contributed by atoms with Crippen molar-refractivity contribution in [1.29, 1.82) is 0 Å². The number of aliphatic imine (C=N–C) groups is 1. The van der Waals surface area contributed by atoms with Gasteiger partial charge in [0.05, 0.1) is 41.9 Å². The van der Waals surface area contributed by atoms with Gasteiger partial charge in [-0.05, 0) is 79.6 Å². The van der Waals surface area contributed by atoms with E-state index >= 15 is 0 Å². The zero-order valence-corrected chi connectivity index (χ0v) is 26.3. The van der Waals surface area contributed by atoms with Crippen molar-refractivity contribution in [2.24, 2.45) is 10.9 Å². The Morgan fingerprint density at radius 2 is 1.91 bits per heavy atom. The summed E-state index contributed by atoms with van der Waals surface area (Å²) in [7, 11) is 1.29. The van der Waals surface area contributed by atoms with Crippen LogP contribution in [0.25, 0.3) is 38.8 Å². The first-order chi connectivity index (χ1) is 22.3. The summed E-state index contributed by atoms with van der Waals surface area (Å²) in [5, 5.41) is 7.19. The van der Waals surface area contributed by atoms with E-state index < -0.39 is 12.1 Å². The van der Waals surface area contributed by atoms with Crippen LogP contribution in [0.15, 0.2) is 63.0 Å². The fourth-order valence-electron chi connectivity index (χ4n) is 6.88. The number of rotatable bonds is 7. The minimum atomic E-state index is -0.678. The lowest BCUT2D eigenvalue weighted by Crippen LogP contribution is -2.53. The maximum absolute atomic E-state index is 13.6. The molecule has 0 spiro atoms. The van der Waals surface area contributed by atoms with E-state index in [2.05, 4.69) is 20.6 Å². The number of carbonyl (C=O) groups is 2. The molecule has 46 heavy (non-hydrogen) atoms. The van der Waals surface area contributed by atoms with Crippen LogP contribution in [0.2, 0.25) is 0 Å². The van der Waals surface area contributed by atoms with Crippen LogP contribution in [0.5, 0.6) is 0 Å². The highest BCUT2D eigenvalue weighted by Crippen LogP contribution is 2.33. The van der Waals surface area contributed by atoms with E-state index in [0.29, 0.717) is 34.9 Å². The number of hydrogen-bond acceptors (Lipinski definition) is 8. The number of hydrogen-bond donors (Lipinski definition) is 3. The summed E-state index contributed by atoms with van der Waals surface area (Å²) in [6.07, 6.45) is 7.49. The van der Waals surface area contributed by atoms with Crippen LogP contribution in [0, 0.1) is 5.92 Å². The van der Waals surface area contributed by atoms with Crippen LogP contribution in [0.3, 0.4) is 0 Å². The van der Waals surface area contributed by atoms with Crippen molar-refractivity contribution < 1.29 is 18.7 Å². The second-order valence-corrected chi connectivity index (χ2v) is 12.7. The van der Waals surface area contributed by atoms with Crippen molar-refractivity contribution in [3.05, 3.63) is 70.4 Å². The first kappa shape index (κ1) is 29.9. The third-order valence-corrected chi connectivity index (χ3v) is 9.41. The number of aromatic nitrogens is 2. The van der Waals surface area contributed by atoms with E-state index in [1.54, 1.807) is 0 Å². The normalized spacial score (nSPS) is 20.4. The number of ether oxygens (including phenoxy) is 1. The average Bonchev–Trinajstić information content (AvgIpc) is 3.89. The van der Waals surface area contributed by atoms with Gasteiger partial charge in [-0.1, -0.05) is 19.9 Å².